The number of hydrazone groups is 1. The van der Waals surface area contributed by atoms with E-state index in [0.29, 0.717) is 17.0 Å². The van der Waals surface area contributed by atoms with Crippen LogP contribution in [0.3, 0.4) is 0 Å². The van der Waals surface area contributed by atoms with E-state index in [9.17, 15) is 14.4 Å². The molecule has 2 amide bonds. The van der Waals surface area contributed by atoms with Crippen molar-refractivity contribution in [2.45, 2.75) is 0 Å². The number of benzene rings is 2. The molecule has 2 aromatic carbocycles. The molecule has 8 nitrogen and oxygen atoms in total. The van der Waals surface area contributed by atoms with Gasteiger partial charge in [0.1, 0.15) is 5.75 Å². The van der Waals surface area contributed by atoms with Gasteiger partial charge in [0.15, 0.2) is 0 Å². The van der Waals surface area contributed by atoms with Gasteiger partial charge in [-0.2, -0.15) is 5.10 Å². The highest BCUT2D eigenvalue weighted by Gasteiger charge is 2.13. The number of methoxy groups -OCH3 is 1. The van der Waals surface area contributed by atoms with Crippen LogP contribution in [-0.2, 0) is 9.59 Å². The number of aromatic nitrogens is 1. The molecule has 136 valence electrons. The molecular formula is C19H16N4O4. The summed E-state index contributed by atoms with van der Waals surface area (Å²) in [5, 5.41) is 6.92. The molecule has 27 heavy (non-hydrogen) atoms. The summed E-state index contributed by atoms with van der Waals surface area (Å²) in [7, 11) is 1.50. The summed E-state index contributed by atoms with van der Waals surface area (Å²) in [5.41, 5.74) is 3.09. The smallest absolute Gasteiger partial charge is 0.329 e. The van der Waals surface area contributed by atoms with Gasteiger partial charge in [-0.05, 0) is 29.7 Å². The summed E-state index contributed by atoms with van der Waals surface area (Å²) in [5.74, 6) is -1.32. The number of aromatic amines is 1. The number of rotatable bonds is 4. The number of nitrogens with zero attached hydrogens (tertiary/aromatic N) is 1. The lowest BCUT2D eigenvalue weighted by molar-refractivity contribution is -0.136. The van der Waals surface area contributed by atoms with Gasteiger partial charge in [-0.1, -0.05) is 24.3 Å². The second-order valence-electron chi connectivity index (χ2n) is 5.53. The van der Waals surface area contributed by atoms with Crippen molar-refractivity contribution in [2.75, 3.05) is 12.4 Å². The summed E-state index contributed by atoms with van der Waals surface area (Å²) in [6, 6.07) is 15.5. The average molecular weight is 364 g/mol. The van der Waals surface area contributed by atoms with Crippen molar-refractivity contribution in [1.82, 2.24) is 10.4 Å². The molecule has 0 aliphatic carbocycles. The van der Waals surface area contributed by atoms with E-state index in [-0.39, 0.29) is 11.1 Å². The van der Waals surface area contributed by atoms with Crippen molar-refractivity contribution in [3.8, 4) is 5.75 Å². The molecule has 1 aromatic heterocycles. The Balaban J connectivity index is 1.65. The SMILES string of the molecule is COc1cccc(NC(=O)C(=O)N/N=C/c2cc3ccccc3[nH]c2=O)c1. The zero-order valence-electron chi connectivity index (χ0n) is 14.4. The van der Waals surface area contributed by atoms with Crippen molar-refractivity contribution in [3.05, 3.63) is 70.5 Å². The molecule has 0 fully saturated rings. The predicted molar refractivity (Wildman–Crippen MR) is 102 cm³/mol. The number of hydrogen-bond donors (Lipinski definition) is 3. The van der Waals surface area contributed by atoms with Crippen LogP contribution in [0.15, 0.2) is 64.5 Å². The van der Waals surface area contributed by atoms with Gasteiger partial charge in [0.25, 0.3) is 5.56 Å². The highest BCUT2D eigenvalue weighted by molar-refractivity contribution is 6.39. The Kier molecular flexibility index (Phi) is 5.27. The minimum atomic E-state index is -0.966. The second-order valence-corrected chi connectivity index (χ2v) is 5.53. The molecule has 0 atom stereocenters. The van der Waals surface area contributed by atoms with Gasteiger partial charge in [-0.3, -0.25) is 14.4 Å². The molecule has 0 unspecified atom stereocenters. The van der Waals surface area contributed by atoms with Gasteiger partial charge < -0.3 is 15.0 Å². The molecule has 0 aliphatic rings. The molecule has 0 radical (unpaired) electrons. The molecule has 0 aliphatic heterocycles. The van der Waals surface area contributed by atoms with Gasteiger partial charge in [-0.25, -0.2) is 5.43 Å². The number of para-hydroxylation sites is 1. The van der Waals surface area contributed by atoms with Crippen LogP contribution < -0.4 is 21.0 Å². The predicted octanol–water partition coefficient (Wildman–Crippen LogP) is 1.63. The first kappa shape index (κ1) is 17.9. The zero-order chi connectivity index (χ0) is 19.2. The Morgan fingerprint density at radius 2 is 1.89 bits per heavy atom. The fourth-order valence-corrected chi connectivity index (χ4v) is 2.36. The Morgan fingerprint density at radius 1 is 1.07 bits per heavy atom. The van der Waals surface area contributed by atoms with Gasteiger partial charge >= 0.3 is 11.8 Å². The van der Waals surface area contributed by atoms with E-state index in [2.05, 4.69) is 20.8 Å². The van der Waals surface area contributed by atoms with E-state index in [1.54, 1.807) is 36.4 Å². The fraction of sp³-hybridized carbons (Fsp3) is 0.0526. The summed E-state index contributed by atoms with van der Waals surface area (Å²) in [4.78, 5) is 38.4. The summed E-state index contributed by atoms with van der Waals surface area (Å²) < 4.78 is 5.04. The lowest BCUT2D eigenvalue weighted by atomic mass is 10.2. The van der Waals surface area contributed by atoms with Gasteiger partial charge in [0.2, 0.25) is 0 Å². The number of pyridine rings is 1. The number of nitrogens with one attached hydrogen (secondary N) is 3. The molecule has 8 heteroatoms. The van der Waals surface area contributed by atoms with Gasteiger partial charge in [0, 0.05) is 17.3 Å². The minimum absolute atomic E-state index is 0.252. The maximum Gasteiger partial charge on any atom is 0.329 e. The Bertz CT molecular complexity index is 1090. The zero-order valence-corrected chi connectivity index (χ0v) is 14.4. The Hall–Kier alpha value is -3.94. The largest absolute Gasteiger partial charge is 0.497 e. The van der Waals surface area contributed by atoms with Gasteiger partial charge in [0.05, 0.1) is 18.9 Å². The fourth-order valence-electron chi connectivity index (χ4n) is 2.36. The van der Waals surface area contributed by atoms with Crippen LogP contribution in [0.25, 0.3) is 10.9 Å². The van der Waals surface area contributed by atoms with Crippen LogP contribution in [0.4, 0.5) is 5.69 Å². The summed E-state index contributed by atoms with van der Waals surface area (Å²) >= 11 is 0. The van der Waals surface area contributed by atoms with E-state index in [0.717, 1.165) is 5.39 Å². The minimum Gasteiger partial charge on any atom is -0.497 e. The highest BCUT2D eigenvalue weighted by atomic mass is 16.5. The van der Waals surface area contributed by atoms with Crippen molar-refractivity contribution < 1.29 is 14.3 Å². The number of anilines is 1. The van der Waals surface area contributed by atoms with Crippen LogP contribution in [0.2, 0.25) is 0 Å². The van der Waals surface area contributed by atoms with Crippen molar-refractivity contribution in [2.24, 2.45) is 5.10 Å². The average Bonchev–Trinajstić information content (AvgIpc) is 2.68. The highest BCUT2D eigenvalue weighted by Crippen LogP contribution is 2.16. The normalized spacial score (nSPS) is 10.7. The van der Waals surface area contributed by atoms with E-state index < -0.39 is 11.8 Å². The monoisotopic (exact) mass is 364 g/mol. The first-order valence-electron chi connectivity index (χ1n) is 7.97. The van der Waals surface area contributed by atoms with Crippen LogP contribution in [0.1, 0.15) is 5.56 Å². The Morgan fingerprint density at radius 3 is 2.70 bits per heavy atom. The summed E-state index contributed by atoms with van der Waals surface area (Å²) in [6.45, 7) is 0. The van der Waals surface area contributed by atoms with Crippen molar-refractivity contribution >= 4 is 34.6 Å². The third kappa shape index (κ3) is 4.37. The first-order valence-corrected chi connectivity index (χ1v) is 7.97. The maximum absolute atomic E-state index is 12.0. The molecule has 0 saturated heterocycles. The number of ether oxygens (including phenoxy) is 1. The maximum atomic E-state index is 12.0. The first-order chi connectivity index (χ1) is 13.1. The quantitative estimate of drug-likeness (QED) is 0.371. The van der Waals surface area contributed by atoms with E-state index >= 15 is 0 Å². The molecule has 0 saturated carbocycles. The lowest BCUT2D eigenvalue weighted by Crippen LogP contribution is -2.32. The van der Waals surface area contributed by atoms with E-state index in [1.165, 1.54) is 13.3 Å². The Labute approximate surface area is 153 Å². The van der Waals surface area contributed by atoms with Crippen LogP contribution in [0.5, 0.6) is 5.75 Å². The number of carbonyl (C=O) groups excluding carboxylic acids is 2. The van der Waals surface area contributed by atoms with Crippen LogP contribution in [0, 0.1) is 0 Å². The van der Waals surface area contributed by atoms with E-state index in [4.69, 9.17) is 4.74 Å². The number of hydrogen-bond acceptors (Lipinski definition) is 5. The number of fused-ring (bicyclic) bond motifs is 1. The molecule has 1 heterocycles. The second kappa shape index (κ2) is 7.96. The molecular weight excluding hydrogens is 348 g/mol. The van der Waals surface area contributed by atoms with Crippen molar-refractivity contribution in [3.63, 3.8) is 0 Å². The molecule has 3 rings (SSSR count). The van der Waals surface area contributed by atoms with Crippen LogP contribution in [-0.4, -0.2) is 30.1 Å². The summed E-state index contributed by atoms with van der Waals surface area (Å²) in [6.07, 6.45) is 1.18. The molecule has 3 N–H and O–H groups in total. The van der Waals surface area contributed by atoms with E-state index in [1.807, 2.05) is 18.2 Å². The molecule has 0 bridgehead atoms. The van der Waals surface area contributed by atoms with Crippen LogP contribution >= 0.6 is 0 Å². The lowest BCUT2D eigenvalue weighted by Gasteiger charge is -2.05. The number of amides is 2. The molecule has 0 spiro atoms. The van der Waals surface area contributed by atoms with Gasteiger partial charge in [-0.15, -0.1) is 0 Å². The van der Waals surface area contributed by atoms with Crippen molar-refractivity contribution in [1.29, 1.82) is 0 Å². The third-order valence-electron chi connectivity index (χ3n) is 3.69. The number of H-pyrrole nitrogens is 1. The third-order valence-corrected chi connectivity index (χ3v) is 3.69. The molecule has 3 aromatic rings. The topological polar surface area (TPSA) is 113 Å². The standard InChI is InChI=1S/C19H16N4O4/c1-27-15-7-4-6-14(10-15)21-18(25)19(26)23-20-11-13-9-12-5-2-3-8-16(12)22-17(13)24/h2-11H,1H3,(H,21,25)(H,22,24)(H,23,26)/b20-11+. The number of carbonyl (C=O) groups is 2.